The number of hydrogen-bond acceptors (Lipinski definition) is 3. The van der Waals surface area contributed by atoms with E-state index in [1.807, 2.05) is 7.05 Å². The van der Waals surface area contributed by atoms with E-state index in [4.69, 9.17) is 4.74 Å². The summed E-state index contributed by atoms with van der Waals surface area (Å²) in [5, 5.41) is 9.20. The summed E-state index contributed by atoms with van der Waals surface area (Å²) in [6.07, 6.45) is 4.44. The Morgan fingerprint density at radius 2 is 1.86 bits per heavy atom. The monoisotopic (exact) mass is 298 g/mol. The van der Waals surface area contributed by atoms with Crippen LogP contribution in [-0.2, 0) is 9.53 Å². The average Bonchev–Trinajstić information content (AvgIpc) is 2.94. The van der Waals surface area contributed by atoms with E-state index in [1.54, 1.807) is 16.8 Å². The van der Waals surface area contributed by atoms with Crippen molar-refractivity contribution in [3.05, 3.63) is 0 Å². The van der Waals surface area contributed by atoms with E-state index >= 15 is 0 Å². The van der Waals surface area contributed by atoms with Crippen LogP contribution in [0.2, 0.25) is 0 Å². The van der Waals surface area contributed by atoms with Gasteiger partial charge in [-0.15, -0.1) is 0 Å². The first-order valence-electron chi connectivity index (χ1n) is 7.72. The van der Waals surface area contributed by atoms with Gasteiger partial charge in [0.05, 0.1) is 19.3 Å². The molecule has 0 bridgehead atoms. The molecule has 1 heterocycles. The summed E-state index contributed by atoms with van der Waals surface area (Å²) in [5.74, 6) is -0.880. The fraction of sp³-hybridized carbons (Fsp3) is 0.867. The maximum atomic E-state index is 12.6. The largest absolute Gasteiger partial charge is 0.481 e. The first-order valence-corrected chi connectivity index (χ1v) is 7.72. The number of nitrogens with zero attached hydrogens (tertiary/aromatic N) is 2. The van der Waals surface area contributed by atoms with Crippen molar-refractivity contribution in [3.63, 3.8) is 0 Å². The quantitative estimate of drug-likeness (QED) is 0.860. The van der Waals surface area contributed by atoms with Crippen molar-refractivity contribution in [3.8, 4) is 0 Å². The molecule has 6 heteroatoms. The van der Waals surface area contributed by atoms with Gasteiger partial charge in [0, 0.05) is 20.1 Å². The Morgan fingerprint density at radius 3 is 2.48 bits per heavy atom. The predicted octanol–water partition coefficient (Wildman–Crippen LogP) is 1.65. The maximum absolute atomic E-state index is 12.6. The Bertz CT molecular complexity index is 401. The maximum Gasteiger partial charge on any atom is 0.320 e. The Hall–Kier alpha value is -1.30. The number of aliphatic carboxylic acids is 1. The standard InChI is InChI=1S/C15H26N2O4/c1-10-5-4-6-11(7-10)16(2)15(20)17(3)13-9-21-8-12(13)14(18)19/h10-13H,4-9H2,1-3H3,(H,18,19). The Kier molecular flexibility index (Phi) is 5.08. The van der Waals surface area contributed by atoms with Crippen molar-refractivity contribution in [1.82, 2.24) is 9.80 Å². The summed E-state index contributed by atoms with van der Waals surface area (Å²) in [7, 11) is 3.51. The summed E-state index contributed by atoms with van der Waals surface area (Å²) in [6, 6.07) is -0.219. The van der Waals surface area contributed by atoms with Gasteiger partial charge < -0.3 is 19.6 Å². The van der Waals surface area contributed by atoms with Crippen LogP contribution in [0.1, 0.15) is 32.6 Å². The molecule has 0 aromatic carbocycles. The molecule has 21 heavy (non-hydrogen) atoms. The fourth-order valence-electron chi connectivity index (χ4n) is 3.46. The van der Waals surface area contributed by atoms with Gasteiger partial charge in [0.1, 0.15) is 5.92 Å². The minimum absolute atomic E-state index is 0.101. The van der Waals surface area contributed by atoms with Gasteiger partial charge in [0.2, 0.25) is 0 Å². The number of carboxylic acids is 1. The van der Waals surface area contributed by atoms with E-state index in [1.165, 1.54) is 6.42 Å². The molecule has 1 N–H and O–H groups in total. The van der Waals surface area contributed by atoms with Crippen LogP contribution in [0.3, 0.4) is 0 Å². The predicted molar refractivity (Wildman–Crippen MR) is 78.1 cm³/mol. The molecule has 0 radical (unpaired) electrons. The zero-order chi connectivity index (χ0) is 15.6. The van der Waals surface area contributed by atoms with E-state index < -0.39 is 11.9 Å². The van der Waals surface area contributed by atoms with Crippen LogP contribution in [-0.4, -0.2) is 66.3 Å². The van der Waals surface area contributed by atoms with Crippen molar-refractivity contribution >= 4 is 12.0 Å². The summed E-state index contributed by atoms with van der Waals surface area (Å²) < 4.78 is 5.25. The highest BCUT2D eigenvalue weighted by atomic mass is 16.5. The molecule has 1 aliphatic carbocycles. The minimum atomic E-state index is -0.897. The van der Waals surface area contributed by atoms with Crippen LogP contribution >= 0.6 is 0 Å². The van der Waals surface area contributed by atoms with Crippen LogP contribution < -0.4 is 0 Å². The number of amides is 2. The van der Waals surface area contributed by atoms with Crippen molar-refractivity contribution in [2.45, 2.75) is 44.7 Å². The number of carboxylic acid groups (broad SMARTS) is 1. The molecule has 1 saturated heterocycles. The van der Waals surface area contributed by atoms with Gasteiger partial charge in [-0.25, -0.2) is 4.79 Å². The molecular formula is C15H26N2O4. The van der Waals surface area contributed by atoms with Crippen LogP contribution in [0.5, 0.6) is 0 Å². The number of carbonyl (C=O) groups excluding carboxylic acids is 1. The van der Waals surface area contributed by atoms with E-state index in [9.17, 15) is 14.7 Å². The molecule has 6 nitrogen and oxygen atoms in total. The van der Waals surface area contributed by atoms with E-state index in [-0.39, 0.29) is 24.7 Å². The van der Waals surface area contributed by atoms with Gasteiger partial charge in [-0.1, -0.05) is 19.8 Å². The van der Waals surface area contributed by atoms with E-state index in [0.717, 1.165) is 19.3 Å². The SMILES string of the molecule is CC1CCCC(N(C)C(=O)N(C)C2COCC2C(=O)O)C1. The third kappa shape index (κ3) is 3.48. The highest BCUT2D eigenvalue weighted by molar-refractivity contribution is 5.77. The lowest BCUT2D eigenvalue weighted by molar-refractivity contribution is -0.142. The second kappa shape index (κ2) is 6.64. The van der Waals surface area contributed by atoms with Crippen LogP contribution in [0.4, 0.5) is 4.79 Å². The lowest BCUT2D eigenvalue weighted by atomic mass is 9.86. The van der Waals surface area contributed by atoms with Crippen molar-refractivity contribution < 1.29 is 19.4 Å². The van der Waals surface area contributed by atoms with Crippen LogP contribution in [0.15, 0.2) is 0 Å². The molecule has 1 saturated carbocycles. The summed E-state index contributed by atoms with van der Waals surface area (Å²) >= 11 is 0. The highest BCUT2D eigenvalue weighted by Gasteiger charge is 2.40. The molecule has 2 rings (SSSR count). The molecule has 0 aromatic rings. The van der Waals surface area contributed by atoms with Gasteiger partial charge in [0.25, 0.3) is 0 Å². The molecule has 1 aliphatic heterocycles. The first kappa shape index (κ1) is 16.1. The minimum Gasteiger partial charge on any atom is -0.481 e. The van der Waals surface area contributed by atoms with Crippen LogP contribution in [0, 0.1) is 11.8 Å². The number of urea groups is 1. The summed E-state index contributed by atoms with van der Waals surface area (Å²) in [5.41, 5.74) is 0. The Morgan fingerprint density at radius 1 is 1.14 bits per heavy atom. The van der Waals surface area contributed by atoms with Crippen molar-refractivity contribution in [2.75, 3.05) is 27.3 Å². The number of likely N-dealkylation sites (N-methyl/N-ethyl adjacent to an activating group) is 1. The second-order valence-electron chi connectivity index (χ2n) is 6.48. The molecule has 2 fully saturated rings. The van der Waals surface area contributed by atoms with Gasteiger partial charge in [-0.2, -0.15) is 0 Å². The lowest BCUT2D eigenvalue weighted by Crippen LogP contribution is -2.52. The molecular weight excluding hydrogens is 272 g/mol. The molecule has 0 aromatic heterocycles. The Labute approximate surface area is 126 Å². The number of ether oxygens (including phenoxy) is 1. The third-order valence-electron chi connectivity index (χ3n) is 4.93. The van der Waals surface area contributed by atoms with E-state index in [0.29, 0.717) is 12.5 Å². The molecule has 2 aliphatic rings. The topological polar surface area (TPSA) is 70.1 Å². The molecule has 4 unspecified atom stereocenters. The molecule has 120 valence electrons. The second-order valence-corrected chi connectivity index (χ2v) is 6.48. The van der Waals surface area contributed by atoms with Crippen LogP contribution in [0.25, 0.3) is 0 Å². The van der Waals surface area contributed by atoms with Gasteiger partial charge >= 0.3 is 12.0 Å². The number of hydrogen-bond donors (Lipinski definition) is 1. The number of carbonyl (C=O) groups is 2. The third-order valence-corrected chi connectivity index (χ3v) is 4.93. The summed E-state index contributed by atoms with van der Waals surface area (Å²) in [6.45, 7) is 2.70. The molecule has 0 spiro atoms. The summed E-state index contributed by atoms with van der Waals surface area (Å²) in [4.78, 5) is 27.2. The fourth-order valence-corrected chi connectivity index (χ4v) is 3.46. The Balaban J connectivity index is 1.99. The van der Waals surface area contributed by atoms with E-state index in [2.05, 4.69) is 6.92 Å². The zero-order valence-corrected chi connectivity index (χ0v) is 13.1. The zero-order valence-electron chi connectivity index (χ0n) is 13.1. The smallest absolute Gasteiger partial charge is 0.320 e. The highest BCUT2D eigenvalue weighted by Crippen LogP contribution is 2.28. The van der Waals surface area contributed by atoms with Gasteiger partial charge in [0.15, 0.2) is 0 Å². The van der Waals surface area contributed by atoms with Gasteiger partial charge in [-0.3, -0.25) is 4.79 Å². The normalized spacial score (nSPS) is 32.7. The molecule has 4 atom stereocenters. The number of rotatable bonds is 3. The first-order chi connectivity index (χ1) is 9.91. The average molecular weight is 298 g/mol. The van der Waals surface area contributed by atoms with Gasteiger partial charge in [-0.05, 0) is 18.8 Å². The molecule has 2 amide bonds. The van der Waals surface area contributed by atoms with Crippen molar-refractivity contribution in [2.24, 2.45) is 11.8 Å². The lowest BCUT2D eigenvalue weighted by Gasteiger charge is -2.38. The van der Waals surface area contributed by atoms with Crippen molar-refractivity contribution in [1.29, 1.82) is 0 Å².